The summed E-state index contributed by atoms with van der Waals surface area (Å²) in [6.45, 7) is 3.22. The molecule has 2 rings (SSSR count). The van der Waals surface area contributed by atoms with Crippen LogP contribution in [-0.2, 0) is 22.4 Å². The van der Waals surface area contributed by atoms with Gasteiger partial charge in [-0.05, 0) is 57.9 Å². The smallest absolute Gasteiger partial charge is 0.306 e. The number of carboxylic acids is 1. The van der Waals surface area contributed by atoms with Crippen molar-refractivity contribution in [3.8, 4) is 0 Å². The zero-order chi connectivity index (χ0) is 14.2. The lowest BCUT2D eigenvalue weighted by Crippen LogP contribution is -2.20. The number of hydrogen-bond acceptors (Lipinski definition) is 2. The van der Waals surface area contributed by atoms with Crippen molar-refractivity contribution in [2.24, 2.45) is 11.8 Å². The highest BCUT2D eigenvalue weighted by molar-refractivity contribution is 9.10. The Morgan fingerprint density at radius 2 is 1.95 bits per heavy atom. The lowest BCUT2D eigenvalue weighted by atomic mass is 9.91. The molecule has 0 bridgehead atoms. The number of carbonyl (C=O) groups is 2. The van der Waals surface area contributed by atoms with Crippen LogP contribution in [0, 0.1) is 11.8 Å². The number of rotatable bonds is 3. The van der Waals surface area contributed by atoms with Gasteiger partial charge in [0.2, 0.25) is 5.91 Å². The van der Waals surface area contributed by atoms with Gasteiger partial charge in [0.15, 0.2) is 0 Å². The number of aliphatic carboxylic acids is 1. The zero-order valence-electron chi connectivity index (χ0n) is 10.9. The van der Waals surface area contributed by atoms with Crippen LogP contribution in [0.2, 0.25) is 0 Å². The van der Waals surface area contributed by atoms with Crippen LogP contribution in [0.5, 0.6) is 0 Å². The maximum Gasteiger partial charge on any atom is 0.306 e. The highest BCUT2D eigenvalue weighted by atomic mass is 79.9. The number of carboxylic acid groups (broad SMARTS) is 1. The van der Waals surface area contributed by atoms with Crippen molar-refractivity contribution in [2.75, 3.05) is 5.32 Å². The number of hydrogen-bond donors (Lipinski definition) is 2. The summed E-state index contributed by atoms with van der Waals surface area (Å²) < 4.78 is 0.838. The Morgan fingerprint density at radius 3 is 2.47 bits per heavy atom. The third-order valence-corrected chi connectivity index (χ3v) is 4.32. The van der Waals surface area contributed by atoms with Crippen molar-refractivity contribution in [1.29, 1.82) is 0 Å². The molecule has 5 heteroatoms. The van der Waals surface area contributed by atoms with Crippen molar-refractivity contribution in [2.45, 2.75) is 26.7 Å². The molecule has 1 aromatic rings. The molecule has 0 saturated heterocycles. The van der Waals surface area contributed by atoms with Crippen LogP contribution < -0.4 is 5.32 Å². The lowest BCUT2D eigenvalue weighted by molar-refractivity contribution is -0.142. The van der Waals surface area contributed by atoms with Crippen LogP contribution in [0.1, 0.15) is 25.0 Å². The van der Waals surface area contributed by atoms with Gasteiger partial charge in [-0.1, -0.05) is 6.92 Å². The largest absolute Gasteiger partial charge is 0.481 e. The maximum atomic E-state index is 11.1. The minimum absolute atomic E-state index is 0.117. The van der Waals surface area contributed by atoms with E-state index in [0.717, 1.165) is 28.6 Å². The van der Waals surface area contributed by atoms with E-state index < -0.39 is 5.97 Å². The fraction of sp³-hybridized carbons (Fsp3) is 0.429. The first-order chi connectivity index (χ1) is 8.88. The van der Waals surface area contributed by atoms with Gasteiger partial charge < -0.3 is 10.4 Å². The average molecular weight is 326 g/mol. The Balaban J connectivity index is 2.24. The second-order valence-corrected chi connectivity index (χ2v) is 5.93. The quantitative estimate of drug-likeness (QED) is 0.898. The molecule has 0 aromatic heterocycles. The molecule has 1 amide bonds. The van der Waals surface area contributed by atoms with E-state index in [9.17, 15) is 9.59 Å². The Hall–Kier alpha value is -1.36. The van der Waals surface area contributed by atoms with Crippen LogP contribution in [0.3, 0.4) is 0 Å². The Labute approximate surface area is 120 Å². The molecule has 0 heterocycles. The molecule has 2 N–H and O–H groups in total. The highest BCUT2D eigenvalue weighted by Crippen LogP contribution is 2.36. The van der Waals surface area contributed by atoms with Gasteiger partial charge in [0.25, 0.3) is 0 Å². The Kier molecular flexibility index (Phi) is 3.94. The number of fused-ring (bicyclic) bond motifs is 1. The van der Waals surface area contributed by atoms with E-state index in [1.54, 1.807) is 6.92 Å². The standard InChI is InChI=1S/C14H16BrNO3/c1-7(14(18)19)9-3-10-5-12(15)13(16-8(2)17)6-11(10)4-9/h5-7,9H,3-4H2,1-2H3,(H,16,17)(H,18,19). The number of carbonyl (C=O) groups excluding carboxylic acids is 1. The molecular formula is C14H16BrNO3. The minimum Gasteiger partial charge on any atom is -0.481 e. The molecule has 0 saturated carbocycles. The molecule has 0 spiro atoms. The summed E-state index contributed by atoms with van der Waals surface area (Å²) in [6, 6.07) is 3.92. The average Bonchev–Trinajstić information content (AvgIpc) is 2.70. The van der Waals surface area contributed by atoms with Crippen molar-refractivity contribution in [3.05, 3.63) is 27.7 Å². The van der Waals surface area contributed by atoms with Gasteiger partial charge in [0.05, 0.1) is 11.6 Å². The van der Waals surface area contributed by atoms with E-state index in [4.69, 9.17) is 5.11 Å². The molecule has 1 aliphatic rings. The molecule has 0 radical (unpaired) electrons. The van der Waals surface area contributed by atoms with Gasteiger partial charge in [-0.2, -0.15) is 0 Å². The molecule has 2 unspecified atom stereocenters. The third kappa shape index (κ3) is 2.97. The SMILES string of the molecule is CC(=O)Nc1cc2c(cc1Br)CC(C(C)C(=O)O)C2. The summed E-state index contributed by atoms with van der Waals surface area (Å²) in [6.07, 6.45) is 1.53. The number of nitrogens with one attached hydrogen (secondary N) is 1. The van der Waals surface area contributed by atoms with E-state index in [2.05, 4.69) is 21.2 Å². The maximum absolute atomic E-state index is 11.1. The van der Waals surface area contributed by atoms with Gasteiger partial charge in [-0.3, -0.25) is 9.59 Å². The van der Waals surface area contributed by atoms with Crippen LogP contribution >= 0.6 is 15.9 Å². The van der Waals surface area contributed by atoms with E-state index in [0.29, 0.717) is 0 Å². The van der Waals surface area contributed by atoms with Gasteiger partial charge >= 0.3 is 5.97 Å². The topological polar surface area (TPSA) is 66.4 Å². The summed E-state index contributed by atoms with van der Waals surface area (Å²) in [5, 5.41) is 11.9. The van der Waals surface area contributed by atoms with Gasteiger partial charge in [0, 0.05) is 11.4 Å². The normalized spacial score (nSPS) is 18.8. The van der Waals surface area contributed by atoms with Crippen LogP contribution in [0.15, 0.2) is 16.6 Å². The predicted octanol–water partition coefficient (Wildman–Crippen LogP) is 2.84. The first-order valence-corrected chi connectivity index (χ1v) is 6.99. The van der Waals surface area contributed by atoms with Gasteiger partial charge in [-0.25, -0.2) is 0 Å². The first kappa shape index (κ1) is 14.1. The lowest BCUT2D eigenvalue weighted by Gasteiger charge is -2.13. The Bertz CT molecular complexity index is 542. The Morgan fingerprint density at radius 1 is 1.37 bits per heavy atom. The number of benzene rings is 1. The molecule has 0 aliphatic heterocycles. The van der Waals surface area contributed by atoms with E-state index >= 15 is 0 Å². The monoisotopic (exact) mass is 325 g/mol. The number of anilines is 1. The molecule has 19 heavy (non-hydrogen) atoms. The fourth-order valence-electron chi connectivity index (χ4n) is 2.52. The second kappa shape index (κ2) is 5.33. The molecule has 1 aliphatic carbocycles. The highest BCUT2D eigenvalue weighted by Gasteiger charge is 2.30. The summed E-state index contributed by atoms with van der Waals surface area (Å²) in [5.74, 6) is -1.09. The molecular weight excluding hydrogens is 310 g/mol. The van der Waals surface area contributed by atoms with Crippen LogP contribution in [0.25, 0.3) is 0 Å². The predicted molar refractivity (Wildman–Crippen MR) is 76.1 cm³/mol. The van der Waals surface area contributed by atoms with E-state index in [1.807, 2.05) is 12.1 Å². The summed E-state index contributed by atoms with van der Waals surface area (Å²) in [5.41, 5.74) is 3.04. The van der Waals surface area contributed by atoms with Crippen molar-refractivity contribution in [3.63, 3.8) is 0 Å². The van der Waals surface area contributed by atoms with Gasteiger partial charge in [-0.15, -0.1) is 0 Å². The zero-order valence-corrected chi connectivity index (χ0v) is 12.5. The molecule has 4 nitrogen and oxygen atoms in total. The van der Waals surface area contributed by atoms with Crippen molar-refractivity contribution >= 4 is 33.5 Å². The molecule has 1 aromatic carbocycles. The first-order valence-electron chi connectivity index (χ1n) is 6.20. The fourth-order valence-corrected chi connectivity index (χ4v) is 3.01. The van der Waals surface area contributed by atoms with E-state index in [-0.39, 0.29) is 17.7 Å². The van der Waals surface area contributed by atoms with Crippen LogP contribution in [-0.4, -0.2) is 17.0 Å². The van der Waals surface area contributed by atoms with Crippen LogP contribution in [0.4, 0.5) is 5.69 Å². The van der Waals surface area contributed by atoms with Crippen molar-refractivity contribution < 1.29 is 14.7 Å². The summed E-state index contributed by atoms with van der Waals surface area (Å²) >= 11 is 3.43. The summed E-state index contributed by atoms with van der Waals surface area (Å²) in [4.78, 5) is 22.2. The second-order valence-electron chi connectivity index (χ2n) is 5.08. The van der Waals surface area contributed by atoms with E-state index in [1.165, 1.54) is 12.5 Å². The summed E-state index contributed by atoms with van der Waals surface area (Å²) in [7, 11) is 0. The molecule has 0 fully saturated rings. The molecule has 102 valence electrons. The van der Waals surface area contributed by atoms with Crippen molar-refractivity contribution in [1.82, 2.24) is 0 Å². The minimum atomic E-state index is -0.751. The third-order valence-electron chi connectivity index (χ3n) is 3.66. The van der Waals surface area contributed by atoms with Gasteiger partial charge in [0.1, 0.15) is 0 Å². The number of amides is 1. The number of halogens is 1. The molecule has 2 atom stereocenters.